The first-order valence-electron chi connectivity index (χ1n) is 10.2. The molecule has 0 radical (unpaired) electrons. The first-order valence-corrected chi connectivity index (χ1v) is 10.2. The molecule has 0 spiro atoms. The van der Waals surface area contributed by atoms with Gasteiger partial charge in [-0.1, -0.05) is 60.7 Å². The van der Waals surface area contributed by atoms with Gasteiger partial charge in [0.2, 0.25) is 0 Å². The molecule has 0 bridgehead atoms. The predicted octanol–water partition coefficient (Wildman–Crippen LogP) is 5.84. The van der Waals surface area contributed by atoms with E-state index in [1.165, 1.54) is 0 Å². The average Bonchev–Trinajstić information content (AvgIpc) is 3.40. The zero-order valence-electron chi connectivity index (χ0n) is 17.8. The molecule has 32 heavy (non-hydrogen) atoms. The lowest BCUT2D eigenvalue weighted by Crippen LogP contribution is -2.14. The summed E-state index contributed by atoms with van der Waals surface area (Å²) in [5.74, 6) is 1.05. The lowest BCUT2D eigenvalue weighted by molar-refractivity contribution is 0.0263. The van der Waals surface area contributed by atoms with E-state index in [2.05, 4.69) is 0 Å². The van der Waals surface area contributed by atoms with Crippen molar-refractivity contribution < 1.29 is 27.9 Å². The van der Waals surface area contributed by atoms with Crippen LogP contribution in [-0.2, 0) is 9.47 Å². The largest absolute Gasteiger partial charge is 0.460 e. The second-order valence-electron chi connectivity index (χ2n) is 7.16. The number of benzene rings is 2. The molecule has 2 aromatic carbocycles. The van der Waals surface area contributed by atoms with Gasteiger partial charge in [0.05, 0.1) is 0 Å². The number of ether oxygens (including phenoxy) is 2. The van der Waals surface area contributed by atoms with Crippen LogP contribution in [0.25, 0.3) is 22.6 Å². The average molecular weight is 430 g/mol. The minimum absolute atomic E-state index is 0.0711. The maximum Gasteiger partial charge on any atom is 0.341 e. The highest BCUT2D eigenvalue weighted by Gasteiger charge is 2.19. The Kier molecular flexibility index (Phi) is 6.22. The fourth-order valence-corrected chi connectivity index (χ4v) is 3.28. The van der Waals surface area contributed by atoms with Crippen molar-refractivity contribution in [3.63, 3.8) is 0 Å². The molecule has 0 aliphatic carbocycles. The zero-order chi connectivity index (χ0) is 22.5. The fourth-order valence-electron chi connectivity index (χ4n) is 3.28. The van der Waals surface area contributed by atoms with E-state index < -0.39 is 11.9 Å². The molecule has 0 aliphatic heterocycles. The van der Waals surface area contributed by atoms with Gasteiger partial charge in [0, 0.05) is 11.1 Å². The van der Waals surface area contributed by atoms with Crippen molar-refractivity contribution in [2.75, 3.05) is 13.2 Å². The fraction of sp³-hybridized carbons (Fsp3) is 0.154. The van der Waals surface area contributed by atoms with E-state index >= 15 is 0 Å². The zero-order valence-corrected chi connectivity index (χ0v) is 17.8. The van der Waals surface area contributed by atoms with Crippen molar-refractivity contribution in [2.24, 2.45) is 0 Å². The third-order valence-electron chi connectivity index (χ3n) is 4.94. The predicted molar refractivity (Wildman–Crippen MR) is 118 cm³/mol. The van der Waals surface area contributed by atoms with E-state index in [4.69, 9.17) is 18.3 Å². The van der Waals surface area contributed by atoms with Gasteiger partial charge in [0.1, 0.15) is 47.4 Å². The van der Waals surface area contributed by atoms with Gasteiger partial charge in [-0.05, 0) is 26.0 Å². The molecule has 0 unspecified atom stereocenters. The number of esters is 2. The van der Waals surface area contributed by atoms with Crippen LogP contribution in [0.5, 0.6) is 0 Å². The van der Waals surface area contributed by atoms with E-state index in [9.17, 15) is 9.59 Å². The van der Waals surface area contributed by atoms with Crippen molar-refractivity contribution in [1.29, 1.82) is 0 Å². The first kappa shape index (κ1) is 21.2. The number of rotatable bonds is 7. The number of carbonyl (C=O) groups is 2. The van der Waals surface area contributed by atoms with Crippen LogP contribution in [-0.4, -0.2) is 25.2 Å². The molecule has 4 rings (SSSR count). The van der Waals surface area contributed by atoms with Crippen molar-refractivity contribution >= 4 is 11.9 Å². The van der Waals surface area contributed by atoms with Gasteiger partial charge in [-0.2, -0.15) is 0 Å². The third kappa shape index (κ3) is 4.64. The normalized spacial score (nSPS) is 10.7. The maximum absolute atomic E-state index is 12.4. The molecule has 0 saturated heterocycles. The van der Waals surface area contributed by atoms with E-state index in [0.717, 1.165) is 11.1 Å². The van der Waals surface area contributed by atoms with Crippen LogP contribution < -0.4 is 0 Å². The van der Waals surface area contributed by atoms with Gasteiger partial charge in [-0.15, -0.1) is 0 Å². The summed E-state index contributed by atoms with van der Waals surface area (Å²) in [6.07, 6.45) is 0. The van der Waals surface area contributed by atoms with Crippen molar-refractivity contribution in [2.45, 2.75) is 13.8 Å². The summed E-state index contributed by atoms with van der Waals surface area (Å²) in [6.45, 7) is 3.26. The lowest BCUT2D eigenvalue weighted by atomic mass is 10.1. The molecule has 0 atom stereocenters. The highest BCUT2D eigenvalue weighted by molar-refractivity contribution is 5.92. The number of hydrogen-bond acceptors (Lipinski definition) is 6. The molecule has 6 nitrogen and oxygen atoms in total. The number of furan rings is 2. The van der Waals surface area contributed by atoms with Gasteiger partial charge in [-0.25, -0.2) is 9.59 Å². The van der Waals surface area contributed by atoms with E-state index in [-0.39, 0.29) is 13.2 Å². The van der Waals surface area contributed by atoms with Gasteiger partial charge >= 0.3 is 11.9 Å². The molecule has 0 fully saturated rings. The maximum atomic E-state index is 12.4. The lowest BCUT2D eigenvalue weighted by Gasteiger charge is -2.05. The summed E-state index contributed by atoms with van der Waals surface area (Å²) >= 11 is 0. The van der Waals surface area contributed by atoms with Crippen molar-refractivity contribution in [3.8, 4) is 22.6 Å². The van der Waals surface area contributed by atoms with Gasteiger partial charge in [-0.3, -0.25) is 0 Å². The van der Waals surface area contributed by atoms with E-state index in [0.29, 0.717) is 34.2 Å². The summed E-state index contributed by atoms with van der Waals surface area (Å²) in [5.41, 5.74) is 2.42. The van der Waals surface area contributed by atoms with Crippen molar-refractivity contribution in [3.05, 3.63) is 95.4 Å². The Hall–Kier alpha value is -4.06. The van der Waals surface area contributed by atoms with Crippen LogP contribution in [0.4, 0.5) is 0 Å². The number of hydrogen-bond donors (Lipinski definition) is 0. The van der Waals surface area contributed by atoms with Gasteiger partial charge in [0.15, 0.2) is 0 Å². The SMILES string of the molecule is Cc1oc(-c2ccccc2)cc1C(=O)OCCOC(=O)c1cc(-c2ccccc2)oc1C. The molecule has 0 saturated carbocycles. The van der Waals surface area contributed by atoms with Crippen molar-refractivity contribution in [1.82, 2.24) is 0 Å². The topological polar surface area (TPSA) is 78.9 Å². The van der Waals surface area contributed by atoms with Crippen LogP contribution in [0.2, 0.25) is 0 Å². The summed E-state index contributed by atoms with van der Waals surface area (Å²) in [5, 5.41) is 0. The Bertz CT molecular complexity index is 1120. The van der Waals surface area contributed by atoms with Gasteiger partial charge < -0.3 is 18.3 Å². The Morgan fingerprint density at radius 2 is 1.03 bits per heavy atom. The standard InChI is InChI=1S/C26H22O6/c1-17-21(15-23(31-17)19-9-5-3-6-10-19)25(27)29-13-14-30-26(28)22-16-24(32-18(22)2)20-11-7-4-8-12-20/h3-12,15-16H,13-14H2,1-2H3. The van der Waals surface area contributed by atoms with Crippen LogP contribution in [0.3, 0.4) is 0 Å². The Morgan fingerprint density at radius 3 is 1.41 bits per heavy atom. The smallest absolute Gasteiger partial charge is 0.341 e. The molecular weight excluding hydrogens is 408 g/mol. The van der Waals surface area contributed by atoms with Crippen LogP contribution >= 0.6 is 0 Å². The molecule has 2 aromatic heterocycles. The van der Waals surface area contributed by atoms with Gasteiger partial charge in [0.25, 0.3) is 0 Å². The highest BCUT2D eigenvalue weighted by Crippen LogP contribution is 2.27. The van der Waals surface area contributed by atoms with Crippen LogP contribution in [0.1, 0.15) is 32.2 Å². The minimum Gasteiger partial charge on any atom is -0.460 e. The molecular formula is C26H22O6. The third-order valence-corrected chi connectivity index (χ3v) is 4.94. The quantitative estimate of drug-likeness (QED) is 0.271. The Balaban J connectivity index is 1.31. The van der Waals surface area contributed by atoms with E-state index in [1.54, 1.807) is 26.0 Å². The number of aryl methyl sites for hydroxylation is 2. The molecule has 0 aliphatic rings. The van der Waals surface area contributed by atoms with Crippen LogP contribution in [0.15, 0.2) is 81.6 Å². The highest BCUT2D eigenvalue weighted by atomic mass is 16.6. The minimum atomic E-state index is -0.532. The summed E-state index contributed by atoms with van der Waals surface area (Å²) in [4.78, 5) is 24.8. The molecule has 0 N–H and O–H groups in total. The van der Waals surface area contributed by atoms with Crippen LogP contribution in [0, 0.1) is 13.8 Å². The second kappa shape index (κ2) is 9.39. The number of carbonyl (C=O) groups excluding carboxylic acids is 2. The van der Waals surface area contributed by atoms with E-state index in [1.807, 2.05) is 60.7 Å². The Morgan fingerprint density at radius 1 is 0.656 bits per heavy atom. The molecule has 162 valence electrons. The second-order valence-corrected chi connectivity index (χ2v) is 7.16. The first-order chi connectivity index (χ1) is 15.5. The Labute approximate surface area is 185 Å². The molecule has 4 aromatic rings. The monoisotopic (exact) mass is 430 g/mol. The summed E-state index contributed by atoms with van der Waals surface area (Å²) in [7, 11) is 0. The summed E-state index contributed by atoms with van der Waals surface area (Å²) < 4.78 is 21.9. The molecule has 2 heterocycles. The summed E-state index contributed by atoms with van der Waals surface area (Å²) in [6, 6.07) is 22.3. The molecule has 6 heteroatoms. The molecule has 0 amide bonds.